The normalized spacial score (nSPS) is 10.4. The summed E-state index contributed by atoms with van der Waals surface area (Å²) < 4.78 is 13.4. The highest BCUT2D eigenvalue weighted by Crippen LogP contribution is 2.20. The molecule has 0 aliphatic rings. The molecule has 2 rings (SSSR count). The molecule has 21 heavy (non-hydrogen) atoms. The van der Waals surface area contributed by atoms with Crippen LogP contribution >= 0.6 is 23.4 Å². The summed E-state index contributed by atoms with van der Waals surface area (Å²) in [5.41, 5.74) is 2.27. The summed E-state index contributed by atoms with van der Waals surface area (Å²) in [4.78, 5) is 11.9. The molecule has 2 aromatic carbocycles. The van der Waals surface area contributed by atoms with E-state index < -0.39 is 0 Å². The lowest BCUT2D eigenvalue weighted by Crippen LogP contribution is -2.15. The van der Waals surface area contributed by atoms with E-state index in [9.17, 15) is 9.18 Å². The number of anilines is 1. The van der Waals surface area contributed by atoms with Crippen LogP contribution in [0.3, 0.4) is 0 Å². The van der Waals surface area contributed by atoms with Crippen molar-refractivity contribution in [2.24, 2.45) is 0 Å². The Morgan fingerprint density at radius 3 is 2.76 bits per heavy atom. The molecule has 0 spiro atoms. The Morgan fingerprint density at radius 1 is 1.29 bits per heavy atom. The van der Waals surface area contributed by atoms with Crippen LogP contribution in [-0.2, 0) is 10.5 Å². The van der Waals surface area contributed by atoms with Gasteiger partial charge in [-0.05, 0) is 42.3 Å². The van der Waals surface area contributed by atoms with Gasteiger partial charge in [-0.25, -0.2) is 4.39 Å². The SMILES string of the molecule is Cc1cc(Cl)ccc1NC(=O)CSCc1ccccc1F. The zero-order chi connectivity index (χ0) is 15.2. The lowest BCUT2D eigenvalue weighted by atomic mass is 10.2. The molecule has 0 saturated carbocycles. The number of thioether (sulfide) groups is 1. The van der Waals surface area contributed by atoms with Crippen molar-refractivity contribution in [2.75, 3.05) is 11.1 Å². The molecule has 0 fully saturated rings. The maximum Gasteiger partial charge on any atom is 0.234 e. The van der Waals surface area contributed by atoms with Crippen LogP contribution in [0.2, 0.25) is 5.02 Å². The molecule has 0 unspecified atom stereocenters. The smallest absolute Gasteiger partial charge is 0.234 e. The summed E-state index contributed by atoms with van der Waals surface area (Å²) in [6.45, 7) is 1.88. The van der Waals surface area contributed by atoms with E-state index in [-0.39, 0.29) is 17.5 Å². The molecule has 0 aliphatic carbocycles. The fraction of sp³-hybridized carbons (Fsp3) is 0.188. The molecule has 2 nitrogen and oxygen atoms in total. The van der Waals surface area contributed by atoms with E-state index in [0.717, 1.165) is 11.3 Å². The molecule has 0 heterocycles. The summed E-state index contributed by atoms with van der Waals surface area (Å²) >= 11 is 7.25. The molecule has 5 heteroatoms. The van der Waals surface area contributed by atoms with E-state index >= 15 is 0 Å². The van der Waals surface area contributed by atoms with Gasteiger partial charge in [-0.2, -0.15) is 0 Å². The van der Waals surface area contributed by atoms with E-state index in [4.69, 9.17) is 11.6 Å². The van der Waals surface area contributed by atoms with Crippen LogP contribution in [0, 0.1) is 12.7 Å². The van der Waals surface area contributed by atoms with Crippen molar-refractivity contribution in [2.45, 2.75) is 12.7 Å². The third-order valence-corrected chi connectivity index (χ3v) is 4.13. The quantitative estimate of drug-likeness (QED) is 0.867. The van der Waals surface area contributed by atoms with Gasteiger partial charge in [0.25, 0.3) is 0 Å². The topological polar surface area (TPSA) is 29.1 Å². The Balaban J connectivity index is 1.84. The number of nitrogens with one attached hydrogen (secondary N) is 1. The average molecular weight is 324 g/mol. The summed E-state index contributed by atoms with van der Waals surface area (Å²) in [5.74, 6) is 0.400. The monoisotopic (exact) mass is 323 g/mol. The van der Waals surface area contributed by atoms with Gasteiger partial charge in [0, 0.05) is 16.5 Å². The lowest BCUT2D eigenvalue weighted by Gasteiger charge is -2.08. The van der Waals surface area contributed by atoms with E-state index in [0.29, 0.717) is 16.3 Å². The first kappa shape index (κ1) is 15.9. The van der Waals surface area contributed by atoms with E-state index in [2.05, 4.69) is 5.32 Å². The molecule has 0 bridgehead atoms. The summed E-state index contributed by atoms with van der Waals surface area (Å²) in [6.07, 6.45) is 0. The predicted octanol–water partition coefficient (Wildman–Crippen LogP) is 4.66. The Kier molecular flexibility index (Phi) is 5.65. The van der Waals surface area contributed by atoms with Crippen molar-refractivity contribution in [3.05, 3.63) is 64.4 Å². The van der Waals surface area contributed by atoms with Gasteiger partial charge in [-0.1, -0.05) is 29.8 Å². The van der Waals surface area contributed by atoms with Gasteiger partial charge in [0.1, 0.15) is 5.82 Å². The molecule has 0 aromatic heterocycles. The van der Waals surface area contributed by atoms with Crippen LogP contribution in [-0.4, -0.2) is 11.7 Å². The van der Waals surface area contributed by atoms with Gasteiger partial charge in [-0.15, -0.1) is 11.8 Å². The van der Waals surface area contributed by atoms with Crippen molar-refractivity contribution >= 4 is 35.0 Å². The van der Waals surface area contributed by atoms with Crippen LogP contribution in [0.1, 0.15) is 11.1 Å². The fourth-order valence-corrected chi connectivity index (χ4v) is 2.86. The molecule has 1 amide bonds. The van der Waals surface area contributed by atoms with Crippen molar-refractivity contribution < 1.29 is 9.18 Å². The molecule has 0 aliphatic heterocycles. The van der Waals surface area contributed by atoms with Gasteiger partial charge < -0.3 is 5.32 Å². The third-order valence-electron chi connectivity index (χ3n) is 2.91. The van der Waals surface area contributed by atoms with Gasteiger partial charge in [0.2, 0.25) is 5.91 Å². The Labute approximate surface area is 132 Å². The second kappa shape index (κ2) is 7.48. The Bertz CT molecular complexity index is 648. The van der Waals surface area contributed by atoms with Crippen molar-refractivity contribution in [1.29, 1.82) is 0 Å². The van der Waals surface area contributed by atoms with Crippen molar-refractivity contribution in [1.82, 2.24) is 0 Å². The highest BCUT2D eigenvalue weighted by Gasteiger charge is 2.07. The minimum Gasteiger partial charge on any atom is -0.325 e. The van der Waals surface area contributed by atoms with Gasteiger partial charge in [-0.3, -0.25) is 4.79 Å². The fourth-order valence-electron chi connectivity index (χ4n) is 1.82. The third kappa shape index (κ3) is 4.76. The van der Waals surface area contributed by atoms with Crippen LogP contribution in [0.4, 0.5) is 10.1 Å². The van der Waals surface area contributed by atoms with Crippen molar-refractivity contribution in [3.63, 3.8) is 0 Å². The molecule has 0 radical (unpaired) electrons. The minimum absolute atomic E-state index is 0.109. The molecule has 0 saturated heterocycles. The zero-order valence-corrected chi connectivity index (χ0v) is 13.1. The molecular formula is C16H15ClFNOS. The minimum atomic E-state index is -0.237. The van der Waals surface area contributed by atoms with E-state index in [1.807, 2.05) is 6.92 Å². The number of benzene rings is 2. The molecule has 1 N–H and O–H groups in total. The Hall–Kier alpha value is -1.52. The highest BCUT2D eigenvalue weighted by atomic mass is 35.5. The molecular weight excluding hydrogens is 309 g/mol. The highest BCUT2D eigenvalue weighted by molar-refractivity contribution is 7.99. The maximum atomic E-state index is 13.4. The number of amides is 1. The lowest BCUT2D eigenvalue weighted by molar-refractivity contribution is -0.113. The molecule has 2 aromatic rings. The molecule has 0 atom stereocenters. The number of hydrogen-bond donors (Lipinski definition) is 1. The number of rotatable bonds is 5. The summed E-state index contributed by atoms with van der Waals surface area (Å²) in [7, 11) is 0. The van der Waals surface area contributed by atoms with Crippen LogP contribution in [0.15, 0.2) is 42.5 Å². The predicted molar refractivity (Wildman–Crippen MR) is 87.4 cm³/mol. The zero-order valence-electron chi connectivity index (χ0n) is 11.5. The number of carbonyl (C=O) groups is 1. The Morgan fingerprint density at radius 2 is 2.05 bits per heavy atom. The van der Waals surface area contributed by atoms with Crippen LogP contribution in [0.25, 0.3) is 0 Å². The maximum absolute atomic E-state index is 13.4. The van der Waals surface area contributed by atoms with E-state index in [1.54, 1.807) is 36.4 Å². The second-order valence-corrected chi connectivity index (χ2v) is 6.01. The number of hydrogen-bond acceptors (Lipinski definition) is 2. The molecule has 110 valence electrons. The van der Waals surface area contributed by atoms with Gasteiger partial charge in [0.15, 0.2) is 0 Å². The number of halogens is 2. The van der Waals surface area contributed by atoms with Crippen LogP contribution in [0.5, 0.6) is 0 Å². The van der Waals surface area contributed by atoms with E-state index in [1.165, 1.54) is 17.8 Å². The first-order valence-corrected chi connectivity index (χ1v) is 7.96. The summed E-state index contributed by atoms with van der Waals surface area (Å²) in [5, 5.41) is 3.46. The standard InChI is InChI=1S/C16H15ClFNOS/c1-11-8-13(17)6-7-15(11)19-16(20)10-21-9-12-4-2-3-5-14(12)18/h2-8H,9-10H2,1H3,(H,19,20). The number of carbonyl (C=O) groups excluding carboxylic acids is 1. The average Bonchev–Trinajstić information content (AvgIpc) is 2.44. The van der Waals surface area contributed by atoms with Gasteiger partial charge >= 0.3 is 0 Å². The number of aryl methyl sites for hydroxylation is 1. The first-order chi connectivity index (χ1) is 10.1. The first-order valence-electron chi connectivity index (χ1n) is 6.43. The largest absolute Gasteiger partial charge is 0.325 e. The summed E-state index contributed by atoms with van der Waals surface area (Å²) in [6, 6.07) is 11.9. The van der Waals surface area contributed by atoms with Crippen molar-refractivity contribution in [3.8, 4) is 0 Å². The van der Waals surface area contributed by atoms with Crippen LogP contribution < -0.4 is 5.32 Å². The second-order valence-electron chi connectivity index (χ2n) is 4.59. The van der Waals surface area contributed by atoms with Gasteiger partial charge in [0.05, 0.1) is 5.75 Å².